The number of hydrogen-bond acceptors (Lipinski definition) is 4. The van der Waals surface area contributed by atoms with Crippen LogP contribution in [0, 0.1) is 17.8 Å². The lowest BCUT2D eigenvalue weighted by molar-refractivity contribution is -0.136. The van der Waals surface area contributed by atoms with E-state index in [2.05, 4.69) is 26.1 Å². The van der Waals surface area contributed by atoms with Crippen molar-refractivity contribution in [2.24, 2.45) is 17.8 Å². The van der Waals surface area contributed by atoms with Crippen LogP contribution in [0.2, 0.25) is 0 Å². The molecule has 1 aromatic heterocycles. The Bertz CT molecular complexity index is 1130. The third kappa shape index (κ3) is 14.5. The van der Waals surface area contributed by atoms with Gasteiger partial charge in [0.05, 0.1) is 11.3 Å². The van der Waals surface area contributed by atoms with E-state index in [4.69, 9.17) is 9.84 Å². The summed E-state index contributed by atoms with van der Waals surface area (Å²) < 4.78 is 45.6. The largest absolute Gasteiger partial charge is 0.486 e. The molecule has 0 aliphatic heterocycles. The van der Waals surface area contributed by atoms with Crippen LogP contribution in [0.15, 0.2) is 58.9 Å². The van der Waals surface area contributed by atoms with E-state index in [9.17, 15) is 22.8 Å². The SMILES string of the molecule is C/C=C(\CC/C(=C\C)C(F)(F)F)C1C(C)=CC(OC(C)c2ccc(C(=O)NCCC(=O)O)s2)=CC1C.CC.CCC(C)C. The number of rotatable bonds is 12. The Hall–Kier alpha value is -2.81. The van der Waals surface area contributed by atoms with Crippen LogP contribution in [0.25, 0.3) is 0 Å². The predicted molar refractivity (Wildman–Crippen MR) is 172 cm³/mol. The molecule has 244 valence electrons. The van der Waals surface area contributed by atoms with Gasteiger partial charge in [0, 0.05) is 22.9 Å². The summed E-state index contributed by atoms with van der Waals surface area (Å²) in [6, 6.07) is 3.49. The number of hydrogen-bond donors (Lipinski definition) is 2. The van der Waals surface area contributed by atoms with Crippen molar-refractivity contribution in [2.75, 3.05) is 6.54 Å². The molecule has 0 saturated carbocycles. The van der Waals surface area contributed by atoms with Crippen LogP contribution in [-0.2, 0) is 9.53 Å². The Morgan fingerprint density at radius 3 is 2.16 bits per heavy atom. The van der Waals surface area contributed by atoms with Gasteiger partial charge in [-0.05, 0) is 76.7 Å². The minimum Gasteiger partial charge on any atom is -0.486 e. The van der Waals surface area contributed by atoms with E-state index in [1.54, 1.807) is 6.07 Å². The monoisotopic (exact) mass is 627 g/mol. The number of amides is 1. The molecule has 1 aliphatic rings. The summed E-state index contributed by atoms with van der Waals surface area (Å²) in [6.45, 7) is 19.9. The van der Waals surface area contributed by atoms with Crippen LogP contribution in [-0.4, -0.2) is 29.7 Å². The Balaban J connectivity index is 0.00000227. The van der Waals surface area contributed by atoms with Gasteiger partial charge in [-0.1, -0.05) is 71.3 Å². The molecule has 0 aromatic carbocycles. The summed E-state index contributed by atoms with van der Waals surface area (Å²) in [5.74, 6) is 0.318. The maximum Gasteiger partial charge on any atom is 0.412 e. The number of ether oxygens (including phenoxy) is 1. The van der Waals surface area contributed by atoms with Gasteiger partial charge in [0.25, 0.3) is 5.91 Å². The van der Waals surface area contributed by atoms with Crippen LogP contribution in [0.4, 0.5) is 13.2 Å². The van der Waals surface area contributed by atoms with Gasteiger partial charge in [-0.2, -0.15) is 13.2 Å². The molecule has 0 bridgehead atoms. The number of halogens is 3. The van der Waals surface area contributed by atoms with Crippen LogP contribution in [0.5, 0.6) is 0 Å². The third-order valence-electron chi connectivity index (χ3n) is 6.98. The molecular weight excluding hydrogens is 575 g/mol. The second-order valence-electron chi connectivity index (χ2n) is 10.6. The van der Waals surface area contributed by atoms with Crippen molar-refractivity contribution in [2.45, 2.75) is 107 Å². The third-order valence-corrected chi connectivity index (χ3v) is 8.23. The Morgan fingerprint density at radius 2 is 1.70 bits per heavy atom. The van der Waals surface area contributed by atoms with Gasteiger partial charge in [0.15, 0.2) is 0 Å². The molecule has 2 rings (SSSR count). The Labute approximate surface area is 261 Å². The second kappa shape index (κ2) is 20.2. The molecule has 1 aliphatic carbocycles. The highest BCUT2D eigenvalue weighted by atomic mass is 32.1. The molecule has 0 fully saturated rings. The van der Waals surface area contributed by atoms with Crippen molar-refractivity contribution in [3.8, 4) is 0 Å². The molecule has 3 unspecified atom stereocenters. The molecule has 0 radical (unpaired) electrons. The fourth-order valence-corrected chi connectivity index (χ4v) is 5.27. The summed E-state index contributed by atoms with van der Waals surface area (Å²) >= 11 is 1.28. The number of carbonyl (C=O) groups excluding carboxylic acids is 1. The number of carboxylic acid groups (broad SMARTS) is 1. The van der Waals surface area contributed by atoms with Crippen molar-refractivity contribution in [3.05, 3.63) is 68.7 Å². The number of thiophene rings is 1. The van der Waals surface area contributed by atoms with Gasteiger partial charge >= 0.3 is 12.1 Å². The van der Waals surface area contributed by atoms with Gasteiger partial charge in [0.2, 0.25) is 0 Å². The van der Waals surface area contributed by atoms with Crippen LogP contribution >= 0.6 is 11.3 Å². The van der Waals surface area contributed by atoms with E-state index in [0.717, 1.165) is 28.0 Å². The summed E-state index contributed by atoms with van der Waals surface area (Å²) in [5, 5.41) is 11.3. The van der Waals surface area contributed by atoms with Gasteiger partial charge < -0.3 is 15.2 Å². The fourth-order valence-electron chi connectivity index (χ4n) is 4.37. The number of alkyl halides is 3. The molecular formula is C34H52F3NO4S. The highest BCUT2D eigenvalue weighted by Gasteiger charge is 2.33. The molecule has 0 saturated heterocycles. The van der Waals surface area contributed by atoms with Gasteiger partial charge in [-0.25, -0.2) is 0 Å². The number of carboxylic acids is 1. The first-order valence-electron chi connectivity index (χ1n) is 15.2. The van der Waals surface area contributed by atoms with E-state index >= 15 is 0 Å². The summed E-state index contributed by atoms with van der Waals surface area (Å²) in [5.41, 5.74) is 1.49. The van der Waals surface area contributed by atoms with Gasteiger partial charge in [-0.15, -0.1) is 11.3 Å². The lowest BCUT2D eigenvalue weighted by atomic mass is 9.76. The number of aliphatic carboxylic acids is 1. The zero-order valence-electron chi connectivity index (χ0n) is 27.5. The van der Waals surface area contributed by atoms with Crippen LogP contribution in [0.1, 0.15) is 116 Å². The van der Waals surface area contributed by atoms with Crippen molar-refractivity contribution in [1.29, 1.82) is 0 Å². The minimum atomic E-state index is -4.31. The van der Waals surface area contributed by atoms with Crippen molar-refractivity contribution in [1.82, 2.24) is 5.32 Å². The molecule has 5 nitrogen and oxygen atoms in total. The van der Waals surface area contributed by atoms with Crippen LogP contribution < -0.4 is 5.32 Å². The Kier molecular flexibility index (Phi) is 18.9. The van der Waals surface area contributed by atoms with Crippen LogP contribution in [0.3, 0.4) is 0 Å². The average molecular weight is 628 g/mol. The molecule has 43 heavy (non-hydrogen) atoms. The smallest absolute Gasteiger partial charge is 0.412 e. The van der Waals surface area contributed by atoms with E-state index < -0.39 is 17.7 Å². The first kappa shape index (κ1) is 40.2. The maximum absolute atomic E-state index is 13.1. The predicted octanol–water partition coefficient (Wildman–Crippen LogP) is 10.4. The number of carbonyl (C=O) groups is 2. The molecule has 2 N–H and O–H groups in total. The van der Waals surface area contributed by atoms with E-state index in [0.29, 0.717) is 17.1 Å². The van der Waals surface area contributed by atoms with Gasteiger partial charge in [-0.3, -0.25) is 9.59 Å². The summed E-state index contributed by atoms with van der Waals surface area (Å²) in [6.07, 6.45) is 3.80. The van der Waals surface area contributed by atoms with Crippen molar-refractivity contribution < 1.29 is 32.6 Å². The number of allylic oxidation sites excluding steroid dienone is 7. The lowest BCUT2D eigenvalue weighted by Crippen LogP contribution is -2.25. The maximum atomic E-state index is 13.1. The van der Waals surface area contributed by atoms with Gasteiger partial charge in [0.1, 0.15) is 11.9 Å². The topological polar surface area (TPSA) is 75.6 Å². The first-order chi connectivity index (χ1) is 20.1. The zero-order valence-corrected chi connectivity index (χ0v) is 28.3. The van der Waals surface area contributed by atoms with Crippen molar-refractivity contribution >= 4 is 23.2 Å². The molecule has 1 aromatic rings. The molecule has 9 heteroatoms. The number of nitrogens with one attached hydrogen (secondary N) is 1. The minimum absolute atomic E-state index is 0.00633. The van der Waals surface area contributed by atoms with E-state index in [1.807, 2.05) is 65.8 Å². The molecule has 1 amide bonds. The second-order valence-corrected chi connectivity index (χ2v) is 11.7. The van der Waals surface area contributed by atoms with E-state index in [1.165, 1.54) is 24.7 Å². The molecule has 3 atom stereocenters. The highest BCUT2D eigenvalue weighted by molar-refractivity contribution is 7.14. The average Bonchev–Trinajstić information content (AvgIpc) is 3.43. The normalized spacial score (nSPS) is 17.9. The summed E-state index contributed by atoms with van der Waals surface area (Å²) in [4.78, 5) is 24.1. The Morgan fingerprint density at radius 1 is 1.09 bits per heavy atom. The lowest BCUT2D eigenvalue weighted by Gasteiger charge is -2.31. The quantitative estimate of drug-likeness (QED) is 0.226. The standard InChI is InChI=1S/C27H34F3NO4S.C5H12.C2H6/c1-6-19(8-9-20(7-2)27(28,29)30)25-16(3)14-21(15-17(25)4)35-18(5)22-10-11-23(36-22)26(34)31-13-12-24(32)33;1-4-5(2)3;1-2/h6-7,10-11,14-16,18,25H,8-9,12-13H2,1-5H3,(H,31,34)(H,32,33);5H,4H2,1-3H3;1-2H3/b19-6+,20-7+;;. The molecule has 0 spiro atoms. The molecule has 1 heterocycles. The van der Waals surface area contributed by atoms with Crippen molar-refractivity contribution in [3.63, 3.8) is 0 Å². The fraction of sp³-hybridized carbons (Fsp3) is 0.588. The summed E-state index contributed by atoms with van der Waals surface area (Å²) in [7, 11) is 0. The highest BCUT2D eigenvalue weighted by Crippen LogP contribution is 2.40. The van der Waals surface area contributed by atoms with E-state index in [-0.39, 0.29) is 43.2 Å². The first-order valence-corrected chi connectivity index (χ1v) is 16.0. The zero-order chi connectivity index (χ0) is 33.3.